The Hall–Kier alpha value is -2.13. The van der Waals surface area contributed by atoms with Crippen molar-refractivity contribution in [2.24, 2.45) is 4.99 Å². The molecule has 3 nitrogen and oxygen atoms in total. The third kappa shape index (κ3) is 4.18. The fourth-order valence-electron chi connectivity index (χ4n) is 2.03. The molecule has 0 radical (unpaired) electrons. The maximum absolute atomic E-state index is 6.21. The number of nitrogens with zero attached hydrogens (tertiary/aromatic N) is 2. The van der Waals surface area contributed by atoms with Crippen molar-refractivity contribution in [3.05, 3.63) is 65.2 Å². The fourth-order valence-corrected chi connectivity index (χ4v) is 2.12. The summed E-state index contributed by atoms with van der Waals surface area (Å²) in [5.74, 6) is 0.728. The van der Waals surface area contributed by atoms with Gasteiger partial charge in [-0.25, -0.2) is 0 Å². The van der Waals surface area contributed by atoms with E-state index in [1.807, 2.05) is 44.4 Å². The predicted molar refractivity (Wildman–Crippen MR) is 95.5 cm³/mol. The van der Waals surface area contributed by atoms with Gasteiger partial charge in [0, 0.05) is 22.9 Å². The lowest BCUT2D eigenvalue weighted by molar-refractivity contribution is -0.462. The van der Waals surface area contributed by atoms with Crippen molar-refractivity contribution >= 4 is 28.4 Å². The van der Waals surface area contributed by atoms with Crippen molar-refractivity contribution in [3.8, 4) is 0 Å². The van der Waals surface area contributed by atoms with Crippen molar-refractivity contribution < 1.29 is 4.58 Å². The third-order valence-corrected chi connectivity index (χ3v) is 3.68. The Bertz CT molecular complexity index is 714. The van der Waals surface area contributed by atoms with E-state index in [1.54, 1.807) is 4.58 Å². The number of hydrogen-bond acceptors (Lipinski definition) is 0. The molecule has 2 aromatic rings. The van der Waals surface area contributed by atoms with Crippen LogP contribution in [0.25, 0.3) is 0 Å². The lowest BCUT2D eigenvalue weighted by atomic mass is 10.1. The predicted octanol–water partition coefficient (Wildman–Crippen LogP) is 4.03. The SMILES string of the molecule is Cc1ccc(N/C(=N\C(Cl)=[N+](C)C)c2ccccc2)c(C)c1. The molecule has 22 heavy (non-hydrogen) atoms. The third-order valence-electron chi connectivity index (χ3n) is 3.26. The van der Waals surface area contributed by atoms with Crippen LogP contribution in [-0.2, 0) is 0 Å². The van der Waals surface area contributed by atoms with Crippen molar-refractivity contribution in [2.75, 3.05) is 19.4 Å². The van der Waals surface area contributed by atoms with Crippen LogP contribution in [0.15, 0.2) is 53.5 Å². The zero-order valence-corrected chi connectivity index (χ0v) is 14.1. The highest BCUT2D eigenvalue weighted by Crippen LogP contribution is 2.17. The van der Waals surface area contributed by atoms with E-state index in [1.165, 1.54) is 11.1 Å². The zero-order chi connectivity index (χ0) is 16.1. The lowest BCUT2D eigenvalue weighted by Gasteiger charge is -2.09. The highest BCUT2D eigenvalue weighted by Gasteiger charge is 2.14. The number of anilines is 1. The molecule has 0 amide bonds. The number of aryl methyl sites for hydroxylation is 2. The average Bonchev–Trinajstić information content (AvgIpc) is 2.49. The molecule has 2 aromatic carbocycles. The topological polar surface area (TPSA) is 27.4 Å². The zero-order valence-electron chi connectivity index (χ0n) is 13.4. The minimum atomic E-state index is 0.427. The summed E-state index contributed by atoms with van der Waals surface area (Å²) in [6.45, 7) is 4.16. The summed E-state index contributed by atoms with van der Waals surface area (Å²) in [5, 5.41) is 3.82. The minimum absolute atomic E-state index is 0.427. The summed E-state index contributed by atoms with van der Waals surface area (Å²) in [5.41, 5.74) is 4.42. The van der Waals surface area contributed by atoms with Crippen LogP contribution < -0.4 is 5.32 Å². The molecular formula is C18H21ClN3+. The van der Waals surface area contributed by atoms with Gasteiger partial charge in [0.2, 0.25) is 0 Å². The second-order valence-corrected chi connectivity index (χ2v) is 5.77. The fraction of sp³-hybridized carbons (Fsp3) is 0.222. The van der Waals surface area contributed by atoms with Crippen molar-refractivity contribution in [2.45, 2.75) is 13.8 Å². The van der Waals surface area contributed by atoms with E-state index in [4.69, 9.17) is 11.6 Å². The van der Waals surface area contributed by atoms with Crippen LogP contribution in [0.1, 0.15) is 16.7 Å². The number of aliphatic imine (C=N–C) groups is 1. The quantitative estimate of drug-likeness (QED) is 0.385. The maximum atomic E-state index is 6.21. The summed E-state index contributed by atoms with van der Waals surface area (Å²) in [7, 11) is 3.73. The van der Waals surface area contributed by atoms with Crippen LogP contribution in [0.3, 0.4) is 0 Å². The monoisotopic (exact) mass is 314 g/mol. The molecule has 0 aliphatic rings. The lowest BCUT2D eigenvalue weighted by Crippen LogP contribution is -2.17. The van der Waals surface area contributed by atoms with Gasteiger partial charge in [0.15, 0.2) is 0 Å². The van der Waals surface area contributed by atoms with Gasteiger partial charge in [-0.3, -0.25) is 4.58 Å². The van der Waals surface area contributed by atoms with E-state index in [-0.39, 0.29) is 0 Å². The van der Waals surface area contributed by atoms with Crippen molar-refractivity contribution in [1.82, 2.24) is 0 Å². The van der Waals surface area contributed by atoms with Crippen LogP contribution in [0.2, 0.25) is 0 Å². The molecule has 0 aliphatic heterocycles. The summed E-state index contributed by atoms with van der Waals surface area (Å²) < 4.78 is 1.77. The smallest absolute Gasteiger partial charge is 0.318 e. The van der Waals surface area contributed by atoms with Crippen LogP contribution in [-0.4, -0.2) is 29.8 Å². The molecule has 0 unspecified atom stereocenters. The molecule has 0 saturated heterocycles. The van der Waals surface area contributed by atoms with Gasteiger partial charge in [0.05, 0.1) is 14.1 Å². The van der Waals surface area contributed by atoms with Gasteiger partial charge >= 0.3 is 5.29 Å². The Morgan fingerprint density at radius 2 is 1.73 bits per heavy atom. The molecule has 4 heteroatoms. The van der Waals surface area contributed by atoms with E-state index in [2.05, 4.69) is 42.4 Å². The molecule has 0 fully saturated rings. The minimum Gasteiger partial charge on any atom is -0.318 e. The Morgan fingerprint density at radius 3 is 2.32 bits per heavy atom. The second-order valence-electron chi connectivity index (χ2n) is 5.43. The Morgan fingerprint density at radius 1 is 1.05 bits per heavy atom. The standard InChI is InChI=1S/C18H20ClN3/c1-13-10-11-16(14(2)12-13)20-17(21-18(19)22(3)4)15-8-6-5-7-9-15/h5-12H,1-4H3/p+1. The van der Waals surface area contributed by atoms with E-state index in [0.717, 1.165) is 17.1 Å². The molecule has 1 N–H and O–H groups in total. The number of rotatable bonds is 2. The molecule has 2 rings (SSSR count). The largest absolute Gasteiger partial charge is 0.393 e. The molecule has 0 heterocycles. The highest BCUT2D eigenvalue weighted by atomic mass is 35.5. The Labute approximate surface area is 137 Å². The first kappa shape index (κ1) is 16.2. The number of halogens is 1. The first-order valence-corrected chi connectivity index (χ1v) is 7.53. The summed E-state index contributed by atoms with van der Waals surface area (Å²) in [6.07, 6.45) is 0. The van der Waals surface area contributed by atoms with Gasteiger partial charge in [-0.05, 0) is 42.6 Å². The Kier molecular flexibility index (Phi) is 5.34. The van der Waals surface area contributed by atoms with Crippen LogP contribution in [0.4, 0.5) is 5.69 Å². The van der Waals surface area contributed by atoms with Crippen LogP contribution >= 0.6 is 11.6 Å². The van der Waals surface area contributed by atoms with E-state index >= 15 is 0 Å². The molecule has 0 aromatic heterocycles. The summed E-state index contributed by atoms with van der Waals surface area (Å²) >= 11 is 6.21. The van der Waals surface area contributed by atoms with Crippen LogP contribution in [0.5, 0.6) is 0 Å². The van der Waals surface area contributed by atoms with Gasteiger partial charge < -0.3 is 5.32 Å². The Balaban J connectivity index is 2.44. The van der Waals surface area contributed by atoms with E-state index < -0.39 is 0 Å². The first-order chi connectivity index (χ1) is 10.5. The van der Waals surface area contributed by atoms with Gasteiger partial charge in [0.25, 0.3) is 5.84 Å². The van der Waals surface area contributed by atoms with Crippen molar-refractivity contribution in [3.63, 3.8) is 0 Å². The van der Waals surface area contributed by atoms with Gasteiger partial charge in [-0.2, -0.15) is 0 Å². The van der Waals surface area contributed by atoms with Gasteiger partial charge in [-0.15, -0.1) is 0 Å². The van der Waals surface area contributed by atoms with Gasteiger partial charge in [-0.1, -0.05) is 35.9 Å². The second kappa shape index (κ2) is 7.23. The number of benzene rings is 2. The molecule has 0 saturated carbocycles. The molecule has 0 atom stereocenters. The molecular weight excluding hydrogens is 294 g/mol. The average molecular weight is 315 g/mol. The summed E-state index contributed by atoms with van der Waals surface area (Å²) in [6, 6.07) is 16.3. The number of amidine groups is 2. The number of hydrogen-bond donors (Lipinski definition) is 1. The van der Waals surface area contributed by atoms with E-state index in [9.17, 15) is 0 Å². The first-order valence-electron chi connectivity index (χ1n) is 7.15. The molecule has 0 aliphatic carbocycles. The normalized spacial score (nSPS) is 11.2. The van der Waals surface area contributed by atoms with Crippen LogP contribution in [0, 0.1) is 13.8 Å². The highest BCUT2D eigenvalue weighted by molar-refractivity contribution is 6.64. The van der Waals surface area contributed by atoms with Crippen molar-refractivity contribution in [1.29, 1.82) is 0 Å². The maximum Gasteiger partial charge on any atom is 0.393 e. The molecule has 114 valence electrons. The molecule has 0 spiro atoms. The molecule has 0 bridgehead atoms. The van der Waals surface area contributed by atoms with Gasteiger partial charge in [0.1, 0.15) is 0 Å². The number of nitrogens with one attached hydrogen (secondary N) is 1. The van der Waals surface area contributed by atoms with E-state index in [0.29, 0.717) is 5.29 Å². The summed E-state index contributed by atoms with van der Waals surface area (Å²) in [4.78, 5) is 4.52.